The summed E-state index contributed by atoms with van der Waals surface area (Å²) in [6.07, 6.45) is 5.04. The minimum absolute atomic E-state index is 0.213. The summed E-state index contributed by atoms with van der Waals surface area (Å²) >= 11 is 0. The van der Waals surface area contributed by atoms with Crippen molar-refractivity contribution in [2.24, 2.45) is 0 Å². The number of aliphatic hydroxyl groups is 1. The molecule has 1 unspecified atom stereocenters. The van der Waals surface area contributed by atoms with Gasteiger partial charge in [0.2, 0.25) is 0 Å². The van der Waals surface area contributed by atoms with E-state index in [1.807, 2.05) is 0 Å². The lowest BCUT2D eigenvalue weighted by Gasteiger charge is -2.04. The van der Waals surface area contributed by atoms with Crippen LogP contribution in [0, 0.1) is 6.58 Å². The van der Waals surface area contributed by atoms with Crippen molar-refractivity contribution < 1.29 is 5.11 Å². The Balaban J connectivity index is 3.04. The van der Waals surface area contributed by atoms with Gasteiger partial charge in [0.05, 0.1) is 6.10 Å². The van der Waals surface area contributed by atoms with Crippen molar-refractivity contribution in [2.75, 3.05) is 0 Å². The molecule has 0 aromatic carbocycles. The highest BCUT2D eigenvalue weighted by Gasteiger charge is 1.97. The van der Waals surface area contributed by atoms with E-state index in [9.17, 15) is 0 Å². The molecule has 1 heteroatoms. The third-order valence-electron chi connectivity index (χ3n) is 1.30. The summed E-state index contributed by atoms with van der Waals surface area (Å²) in [7, 11) is 0. The van der Waals surface area contributed by atoms with Crippen LogP contribution < -0.4 is 0 Å². The van der Waals surface area contributed by atoms with Crippen molar-refractivity contribution in [1.29, 1.82) is 0 Å². The van der Waals surface area contributed by atoms with E-state index in [0.29, 0.717) is 6.42 Å². The first-order valence-corrected chi connectivity index (χ1v) is 3.52. The van der Waals surface area contributed by atoms with Crippen LogP contribution in [0.4, 0.5) is 0 Å². The molecular formula is C8H15O. The van der Waals surface area contributed by atoms with E-state index in [2.05, 4.69) is 6.92 Å². The fourth-order valence-corrected chi connectivity index (χ4v) is 0.715. The molecule has 0 saturated carbocycles. The van der Waals surface area contributed by atoms with Gasteiger partial charge in [-0.15, -0.1) is 0 Å². The number of aliphatic hydroxyl groups excluding tert-OH is 1. The second kappa shape index (κ2) is 5.83. The van der Waals surface area contributed by atoms with Crippen LogP contribution in [0.2, 0.25) is 0 Å². The van der Waals surface area contributed by atoms with Crippen molar-refractivity contribution in [3.63, 3.8) is 0 Å². The number of unbranched alkanes of at least 4 members (excludes halogenated alkanes) is 1. The zero-order valence-electron chi connectivity index (χ0n) is 6.01. The Morgan fingerprint density at radius 2 is 2.33 bits per heavy atom. The molecule has 1 atom stereocenters. The highest BCUT2D eigenvalue weighted by molar-refractivity contribution is 4.68. The average molecular weight is 127 g/mol. The molecule has 0 aliphatic rings. The van der Waals surface area contributed by atoms with E-state index in [4.69, 9.17) is 11.7 Å². The van der Waals surface area contributed by atoms with E-state index in [1.54, 1.807) is 0 Å². The molecule has 0 heterocycles. The van der Waals surface area contributed by atoms with Gasteiger partial charge in [-0.25, -0.2) is 0 Å². The molecule has 0 aliphatic carbocycles. The maximum atomic E-state index is 9.07. The Morgan fingerprint density at radius 3 is 2.78 bits per heavy atom. The highest BCUT2D eigenvalue weighted by Crippen LogP contribution is 2.03. The highest BCUT2D eigenvalue weighted by atomic mass is 16.3. The topological polar surface area (TPSA) is 20.2 Å². The standard InChI is InChI=1S/C8H15O/c1-3-5-7-8(9)6-4-2/h2,4,8-9H,3,5-7H2,1H3. The summed E-state index contributed by atoms with van der Waals surface area (Å²) in [5.41, 5.74) is 0. The Kier molecular flexibility index (Phi) is 5.64. The van der Waals surface area contributed by atoms with Gasteiger partial charge in [-0.2, -0.15) is 0 Å². The molecule has 1 nitrogen and oxygen atoms in total. The largest absolute Gasteiger partial charge is 0.393 e. The molecule has 0 saturated heterocycles. The normalized spacial score (nSPS) is 13.1. The molecule has 53 valence electrons. The first-order chi connectivity index (χ1) is 4.31. The molecule has 9 heavy (non-hydrogen) atoms. The van der Waals surface area contributed by atoms with E-state index in [0.717, 1.165) is 19.3 Å². The van der Waals surface area contributed by atoms with Gasteiger partial charge in [-0.3, -0.25) is 0 Å². The fraction of sp³-hybridized carbons (Fsp3) is 0.750. The number of hydrogen-bond acceptors (Lipinski definition) is 1. The van der Waals surface area contributed by atoms with E-state index in [1.165, 1.54) is 6.08 Å². The molecule has 1 radical (unpaired) electrons. The van der Waals surface area contributed by atoms with Gasteiger partial charge in [0.1, 0.15) is 0 Å². The molecule has 0 spiro atoms. The Hall–Kier alpha value is -0.300. The van der Waals surface area contributed by atoms with Crippen LogP contribution in [0.25, 0.3) is 0 Å². The first kappa shape index (κ1) is 8.70. The van der Waals surface area contributed by atoms with Gasteiger partial charge in [-0.1, -0.05) is 32.4 Å². The van der Waals surface area contributed by atoms with Gasteiger partial charge < -0.3 is 5.11 Å². The van der Waals surface area contributed by atoms with Crippen LogP contribution in [0.1, 0.15) is 32.6 Å². The first-order valence-electron chi connectivity index (χ1n) is 3.52. The van der Waals surface area contributed by atoms with Gasteiger partial charge in [0.25, 0.3) is 0 Å². The molecule has 0 aromatic heterocycles. The zero-order valence-corrected chi connectivity index (χ0v) is 6.01. The van der Waals surface area contributed by atoms with Crippen LogP contribution in [-0.2, 0) is 0 Å². The lowest BCUT2D eigenvalue weighted by atomic mass is 10.1. The van der Waals surface area contributed by atoms with Crippen LogP contribution in [0.15, 0.2) is 6.08 Å². The van der Waals surface area contributed by atoms with Gasteiger partial charge in [0.15, 0.2) is 0 Å². The van der Waals surface area contributed by atoms with Crippen molar-refractivity contribution in [1.82, 2.24) is 0 Å². The monoisotopic (exact) mass is 127 g/mol. The minimum Gasteiger partial charge on any atom is -0.393 e. The zero-order chi connectivity index (χ0) is 7.11. The minimum atomic E-state index is -0.213. The summed E-state index contributed by atoms with van der Waals surface area (Å²) in [5, 5.41) is 9.07. The number of rotatable bonds is 5. The second-order valence-corrected chi connectivity index (χ2v) is 2.27. The molecule has 0 bridgehead atoms. The van der Waals surface area contributed by atoms with Crippen molar-refractivity contribution in [3.8, 4) is 0 Å². The molecule has 0 amide bonds. The fourth-order valence-electron chi connectivity index (χ4n) is 0.715. The van der Waals surface area contributed by atoms with Crippen molar-refractivity contribution in [3.05, 3.63) is 12.7 Å². The predicted octanol–water partition coefficient (Wildman–Crippen LogP) is 1.92. The van der Waals surface area contributed by atoms with Gasteiger partial charge >= 0.3 is 0 Å². The molecular weight excluding hydrogens is 112 g/mol. The maximum Gasteiger partial charge on any atom is 0.0574 e. The van der Waals surface area contributed by atoms with E-state index < -0.39 is 0 Å². The summed E-state index contributed by atoms with van der Waals surface area (Å²) in [6, 6.07) is 0. The maximum absolute atomic E-state index is 9.07. The lowest BCUT2D eigenvalue weighted by Crippen LogP contribution is -2.03. The molecule has 0 aliphatic heterocycles. The van der Waals surface area contributed by atoms with Gasteiger partial charge in [0, 0.05) is 0 Å². The molecule has 0 aromatic rings. The smallest absolute Gasteiger partial charge is 0.0574 e. The molecule has 1 N–H and O–H groups in total. The predicted molar refractivity (Wildman–Crippen MR) is 39.0 cm³/mol. The summed E-state index contributed by atoms with van der Waals surface area (Å²) in [4.78, 5) is 0. The van der Waals surface area contributed by atoms with Crippen molar-refractivity contribution >= 4 is 0 Å². The quantitative estimate of drug-likeness (QED) is 0.598. The summed E-state index contributed by atoms with van der Waals surface area (Å²) in [5.74, 6) is 0. The lowest BCUT2D eigenvalue weighted by molar-refractivity contribution is 0.164. The average Bonchev–Trinajstić information content (AvgIpc) is 1.85. The third-order valence-corrected chi connectivity index (χ3v) is 1.30. The summed E-state index contributed by atoms with van der Waals surface area (Å²) in [6.45, 7) is 7.23. The van der Waals surface area contributed by atoms with Crippen LogP contribution in [0.5, 0.6) is 0 Å². The summed E-state index contributed by atoms with van der Waals surface area (Å²) < 4.78 is 0. The second-order valence-electron chi connectivity index (χ2n) is 2.27. The van der Waals surface area contributed by atoms with Gasteiger partial charge in [-0.05, 0) is 12.8 Å². The molecule has 0 fully saturated rings. The van der Waals surface area contributed by atoms with Crippen LogP contribution in [0.3, 0.4) is 0 Å². The third kappa shape index (κ3) is 5.57. The van der Waals surface area contributed by atoms with E-state index in [-0.39, 0.29) is 6.10 Å². The van der Waals surface area contributed by atoms with Crippen molar-refractivity contribution in [2.45, 2.75) is 38.7 Å². The Labute approximate surface area is 57.4 Å². The molecule has 0 rings (SSSR count). The Morgan fingerprint density at radius 1 is 1.67 bits per heavy atom. The van der Waals surface area contributed by atoms with Crippen LogP contribution >= 0.6 is 0 Å². The van der Waals surface area contributed by atoms with Crippen LogP contribution in [-0.4, -0.2) is 11.2 Å². The Bertz CT molecular complexity index is 69.0. The SMILES string of the molecule is [CH]=CCC(O)CCCC. The number of hydrogen-bond donors (Lipinski definition) is 1. The van der Waals surface area contributed by atoms with E-state index >= 15 is 0 Å².